The summed E-state index contributed by atoms with van der Waals surface area (Å²) in [6.07, 6.45) is 4.43. The molecule has 62 heavy (non-hydrogen) atoms. The number of aliphatic carboxylic acids is 1. The van der Waals surface area contributed by atoms with Crippen molar-refractivity contribution >= 4 is 45.1 Å². The molecule has 0 saturated carbocycles. The molecule has 0 spiro atoms. The first kappa shape index (κ1) is 43.1. The maximum atomic E-state index is 13.0. The van der Waals surface area contributed by atoms with Gasteiger partial charge in [-0.05, 0) is 91.3 Å². The van der Waals surface area contributed by atoms with E-state index in [-0.39, 0.29) is 18.9 Å². The number of hydrogen-bond donors (Lipinski definition) is 1. The third-order valence-corrected chi connectivity index (χ3v) is 13.0. The number of para-hydroxylation sites is 1. The fourth-order valence-corrected chi connectivity index (χ4v) is 8.86. The van der Waals surface area contributed by atoms with Crippen LogP contribution in [-0.2, 0) is 17.8 Å². The van der Waals surface area contributed by atoms with E-state index in [1.165, 1.54) is 11.5 Å². The topological polar surface area (TPSA) is 136 Å². The molecule has 3 aromatic heterocycles. The number of nitrogens with zero attached hydrogens (tertiary/aromatic N) is 7. The second kappa shape index (κ2) is 19.7. The van der Waals surface area contributed by atoms with E-state index in [4.69, 9.17) is 44.9 Å². The Morgan fingerprint density at radius 1 is 0.968 bits per heavy atom. The summed E-state index contributed by atoms with van der Waals surface area (Å²) in [6.45, 7) is 11.6. The number of pyridine rings is 1. The number of piperazine rings is 1. The summed E-state index contributed by atoms with van der Waals surface area (Å²) >= 11 is 8.31. The lowest BCUT2D eigenvalue weighted by molar-refractivity contribution is -0.145. The highest BCUT2D eigenvalue weighted by Gasteiger charge is 2.28. The second-order valence-corrected chi connectivity index (χ2v) is 17.2. The van der Waals surface area contributed by atoms with Crippen LogP contribution in [-0.4, -0.2) is 113 Å². The van der Waals surface area contributed by atoms with Crippen molar-refractivity contribution in [3.63, 3.8) is 0 Å². The molecule has 2 aliphatic heterocycles. The molecule has 0 radical (unpaired) electrons. The van der Waals surface area contributed by atoms with Gasteiger partial charge in [0.2, 0.25) is 17.9 Å². The zero-order valence-electron chi connectivity index (χ0n) is 35.6. The highest BCUT2D eigenvalue weighted by atomic mass is 35.5. The highest BCUT2D eigenvalue weighted by Crippen LogP contribution is 2.46. The number of ether oxygens (including phenoxy) is 4. The van der Waals surface area contributed by atoms with Gasteiger partial charge in [0, 0.05) is 75.8 Å². The first-order valence-electron chi connectivity index (χ1n) is 21.1. The summed E-state index contributed by atoms with van der Waals surface area (Å²) in [6, 6.07) is 20.8. The van der Waals surface area contributed by atoms with Gasteiger partial charge in [0.05, 0.1) is 33.6 Å². The first-order chi connectivity index (χ1) is 30.1. The van der Waals surface area contributed by atoms with Gasteiger partial charge < -0.3 is 33.9 Å². The summed E-state index contributed by atoms with van der Waals surface area (Å²) in [5, 5.41) is 11.8. The molecule has 0 aliphatic carbocycles. The molecule has 2 fully saturated rings. The maximum absolute atomic E-state index is 13.0. The fourth-order valence-electron chi connectivity index (χ4n) is 7.95. The molecule has 0 unspecified atom stereocenters. The van der Waals surface area contributed by atoms with Gasteiger partial charge in [0.15, 0.2) is 0 Å². The molecule has 1 atom stereocenters. The Morgan fingerprint density at radius 2 is 1.77 bits per heavy atom. The minimum absolute atomic E-state index is 0.0136. The molecule has 13 nitrogen and oxygen atoms in total. The molecule has 2 saturated heterocycles. The van der Waals surface area contributed by atoms with Crippen molar-refractivity contribution in [3.8, 4) is 45.5 Å². The molecular weight excluding hydrogens is 826 g/mol. The monoisotopic (exact) mass is 877 g/mol. The van der Waals surface area contributed by atoms with E-state index in [0.717, 1.165) is 85.7 Å². The molecule has 15 heteroatoms. The van der Waals surface area contributed by atoms with E-state index in [9.17, 15) is 9.90 Å². The van der Waals surface area contributed by atoms with Crippen molar-refractivity contribution in [2.75, 3.05) is 71.5 Å². The predicted molar refractivity (Wildman–Crippen MR) is 243 cm³/mol. The molecule has 0 amide bonds. The van der Waals surface area contributed by atoms with Gasteiger partial charge in [0.1, 0.15) is 30.5 Å². The summed E-state index contributed by atoms with van der Waals surface area (Å²) in [5.41, 5.74) is 5.11. The maximum Gasteiger partial charge on any atom is 0.345 e. The smallest absolute Gasteiger partial charge is 0.345 e. The number of fused-ring (bicyclic) bond motifs is 1. The zero-order chi connectivity index (χ0) is 43.2. The molecule has 8 rings (SSSR count). The fraction of sp³-hybridized carbons (Fsp3) is 0.383. The standard InChI is InChI=1S/C47H52ClN7O6S/c1-30-15-18-55(19-16-30)47-49-17-14-34(51-47)29-60-37-11-6-5-8-32(37)27-39(46(56)57)61-45-42-40(62-52-45)28-50-44(33-9-7-10-35(26-33)58-4)41(42)36-12-13-38(43(48)31(36)2)59-25-24-54-22-20-53(3)21-23-54/h5-14,17,26,28,30,39H,15-16,18-25,27,29H2,1-4H3,(H,56,57)/t39-/m1/s1. The molecule has 324 valence electrons. The van der Waals surface area contributed by atoms with Crippen LogP contribution in [0.3, 0.4) is 0 Å². The lowest BCUT2D eigenvalue weighted by Gasteiger charge is -2.32. The van der Waals surface area contributed by atoms with Crippen molar-refractivity contribution in [1.82, 2.24) is 29.1 Å². The normalized spacial score (nSPS) is 15.7. The predicted octanol–water partition coefficient (Wildman–Crippen LogP) is 8.30. The Morgan fingerprint density at radius 3 is 2.56 bits per heavy atom. The van der Waals surface area contributed by atoms with Crippen LogP contribution in [0.5, 0.6) is 23.1 Å². The number of carbonyl (C=O) groups is 1. The van der Waals surface area contributed by atoms with Gasteiger partial charge in [-0.15, -0.1) is 0 Å². The molecule has 2 aliphatic rings. The van der Waals surface area contributed by atoms with Gasteiger partial charge >= 0.3 is 5.97 Å². The Balaban J connectivity index is 1.08. The van der Waals surface area contributed by atoms with Gasteiger partial charge in [0.25, 0.3) is 0 Å². The number of rotatable bonds is 16. The van der Waals surface area contributed by atoms with Crippen molar-refractivity contribution in [3.05, 3.63) is 101 Å². The Hall–Kier alpha value is -5.54. The van der Waals surface area contributed by atoms with Crippen LogP contribution >= 0.6 is 23.1 Å². The lowest BCUT2D eigenvalue weighted by Crippen LogP contribution is -2.45. The first-order valence-corrected chi connectivity index (χ1v) is 22.2. The van der Waals surface area contributed by atoms with E-state index in [1.807, 2.05) is 73.7 Å². The number of halogens is 1. The van der Waals surface area contributed by atoms with Gasteiger partial charge in [-0.25, -0.2) is 14.8 Å². The van der Waals surface area contributed by atoms with Gasteiger partial charge in [-0.3, -0.25) is 9.88 Å². The van der Waals surface area contributed by atoms with E-state index < -0.39 is 12.1 Å². The van der Waals surface area contributed by atoms with E-state index in [1.54, 1.807) is 19.5 Å². The largest absolute Gasteiger partial charge is 0.497 e. The third-order valence-electron chi connectivity index (χ3n) is 11.8. The van der Waals surface area contributed by atoms with Crippen molar-refractivity contribution in [2.24, 2.45) is 5.92 Å². The van der Waals surface area contributed by atoms with Crippen LogP contribution in [0.2, 0.25) is 5.02 Å². The van der Waals surface area contributed by atoms with Crippen molar-refractivity contribution < 1.29 is 28.8 Å². The van der Waals surface area contributed by atoms with Crippen LogP contribution in [0.4, 0.5) is 5.95 Å². The Labute approximate surface area is 371 Å². The molecule has 6 aromatic rings. The number of aromatic nitrogens is 4. The number of likely N-dealkylation sites (N-methyl/N-ethyl adjacent to an activating group) is 1. The third kappa shape index (κ3) is 9.89. The zero-order valence-corrected chi connectivity index (χ0v) is 37.1. The summed E-state index contributed by atoms with van der Waals surface area (Å²) in [7, 11) is 3.76. The van der Waals surface area contributed by atoms with Crippen molar-refractivity contribution in [2.45, 2.75) is 45.8 Å². The van der Waals surface area contributed by atoms with Crippen LogP contribution < -0.4 is 23.8 Å². The Kier molecular flexibility index (Phi) is 13.7. The molecule has 0 bridgehead atoms. The summed E-state index contributed by atoms with van der Waals surface area (Å²) in [5.74, 6) is 2.23. The molecule has 3 aromatic carbocycles. The number of carboxylic acid groups (broad SMARTS) is 1. The van der Waals surface area contributed by atoms with E-state index >= 15 is 0 Å². The number of benzene rings is 3. The molecule has 5 heterocycles. The summed E-state index contributed by atoms with van der Waals surface area (Å²) < 4.78 is 30.0. The van der Waals surface area contributed by atoms with Crippen LogP contribution in [0.25, 0.3) is 32.5 Å². The minimum atomic E-state index is -1.31. The summed E-state index contributed by atoms with van der Waals surface area (Å²) in [4.78, 5) is 34.2. The number of carboxylic acids is 1. The number of piperidine rings is 1. The second-order valence-electron chi connectivity index (χ2n) is 16.0. The van der Waals surface area contributed by atoms with E-state index in [0.29, 0.717) is 63.0 Å². The lowest BCUT2D eigenvalue weighted by atomic mass is 9.93. The number of methoxy groups -OCH3 is 1. The quantitative estimate of drug-likeness (QED) is 0.100. The average Bonchev–Trinajstić information content (AvgIpc) is 3.70. The van der Waals surface area contributed by atoms with Gasteiger partial charge in [-0.1, -0.05) is 54.9 Å². The Bertz CT molecular complexity index is 2510. The van der Waals surface area contributed by atoms with Gasteiger partial charge in [-0.2, -0.15) is 4.37 Å². The molecule has 1 N–H and O–H groups in total. The van der Waals surface area contributed by atoms with Crippen LogP contribution in [0.1, 0.15) is 36.6 Å². The molecular formula is C47H52ClN7O6S. The minimum Gasteiger partial charge on any atom is -0.497 e. The number of hydrogen-bond acceptors (Lipinski definition) is 13. The highest BCUT2D eigenvalue weighted by molar-refractivity contribution is 7.13. The number of anilines is 1. The van der Waals surface area contributed by atoms with Crippen LogP contribution in [0.15, 0.2) is 79.1 Å². The average molecular weight is 878 g/mol. The van der Waals surface area contributed by atoms with Crippen molar-refractivity contribution in [1.29, 1.82) is 0 Å². The van der Waals surface area contributed by atoms with E-state index in [2.05, 4.69) is 33.7 Å². The SMILES string of the molecule is COc1cccc(-c2ncc3snc(O[C@H](Cc4ccccc4OCc4ccnc(N5CCC(C)CC5)n4)C(=O)O)c3c2-c2ccc(OCCN3CCN(C)CC3)c(Cl)c2C)c1. The van der Waals surface area contributed by atoms with Crippen LogP contribution in [0, 0.1) is 12.8 Å².